The lowest BCUT2D eigenvalue weighted by atomic mass is 10.1. The molecule has 1 aliphatic heterocycles. The average molecular weight is 348 g/mol. The van der Waals surface area contributed by atoms with Gasteiger partial charge in [-0.2, -0.15) is 0 Å². The van der Waals surface area contributed by atoms with Crippen LogP contribution in [0, 0.1) is 10.1 Å². The summed E-state index contributed by atoms with van der Waals surface area (Å²) >= 11 is 6.17. The Hall–Kier alpha value is -2.25. The smallest absolute Gasteiger partial charge is 0.289 e. The Labute approximate surface area is 145 Å². The van der Waals surface area contributed by atoms with Crippen molar-refractivity contribution in [2.75, 3.05) is 31.1 Å². The summed E-state index contributed by atoms with van der Waals surface area (Å²) < 4.78 is 0. The topological polar surface area (TPSA) is 75.4 Å². The number of anilines is 1. The molecule has 2 aromatic heterocycles. The van der Waals surface area contributed by atoms with E-state index < -0.39 is 4.92 Å². The summed E-state index contributed by atoms with van der Waals surface area (Å²) in [6.45, 7) is 5.45. The van der Waals surface area contributed by atoms with Crippen LogP contribution < -0.4 is 4.90 Å². The molecular formula is C16H18ClN5O2. The van der Waals surface area contributed by atoms with E-state index in [0.29, 0.717) is 16.9 Å². The molecule has 3 heterocycles. The van der Waals surface area contributed by atoms with E-state index in [2.05, 4.69) is 32.8 Å². The van der Waals surface area contributed by atoms with Gasteiger partial charge in [0.05, 0.1) is 9.95 Å². The fraction of sp³-hybridized carbons (Fsp3) is 0.375. The molecule has 24 heavy (non-hydrogen) atoms. The second-order valence-corrected chi connectivity index (χ2v) is 6.15. The number of pyridine rings is 2. The molecule has 0 amide bonds. The van der Waals surface area contributed by atoms with Crippen LogP contribution in [-0.4, -0.2) is 46.0 Å². The van der Waals surface area contributed by atoms with Crippen LogP contribution in [-0.2, 0) is 0 Å². The van der Waals surface area contributed by atoms with Gasteiger partial charge in [-0.3, -0.25) is 20.0 Å². The minimum Gasteiger partial charge on any atom is -0.353 e. The van der Waals surface area contributed by atoms with E-state index in [1.54, 1.807) is 6.20 Å². The molecule has 0 bridgehead atoms. The molecule has 0 radical (unpaired) electrons. The molecule has 1 fully saturated rings. The third kappa shape index (κ3) is 3.47. The second-order valence-electron chi connectivity index (χ2n) is 5.74. The normalized spacial score (nSPS) is 16.8. The second kappa shape index (κ2) is 7.11. The summed E-state index contributed by atoms with van der Waals surface area (Å²) in [6.07, 6.45) is 4.92. The number of rotatable bonds is 4. The zero-order chi connectivity index (χ0) is 17.1. The average Bonchev–Trinajstić information content (AvgIpc) is 2.62. The highest BCUT2D eigenvalue weighted by atomic mass is 35.5. The van der Waals surface area contributed by atoms with E-state index >= 15 is 0 Å². The van der Waals surface area contributed by atoms with Crippen molar-refractivity contribution < 1.29 is 4.92 Å². The molecule has 0 N–H and O–H groups in total. The maximum atomic E-state index is 10.8. The SMILES string of the molecule is CC(c1cccnc1)N1CCN(c2ncc([N+](=O)[O-])cc2Cl)CC1. The van der Waals surface area contributed by atoms with E-state index in [-0.39, 0.29) is 5.69 Å². The Bertz CT molecular complexity index is 720. The predicted molar refractivity (Wildman–Crippen MR) is 92.3 cm³/mol. The first-order valence-electron chi connectivity index (χ1n) is 7.75. The van der Waals surface area contributed by atoms with Crippen LogP contribution in [0.4, 0.5) is 11.5 Å². The Morgan fingerprint density at radius 1 is 1.29 bits per heavy atom. The maximum Gasteiger partial charge on any atom is 0.289 e. The molecule has 1 aliphatic rings. The molecule has 126 valence electrons. The number of nitrogens with zero attached hydrogens (tertiary/aromatic N) is 5. The van der Waals surface area contributed by atoms with Crippen molar-refractivity contribution in [3.8, 4) is 0 Å². The van der Waals surface area contributed by atoms with E-state index in [1.807, 2.05) is 12.3 Å². The third-order valence-corrected chi connectivity index (χ3v) is 4.62. The summed E-state index contributed by atoms with van der Waals surface area (Å²) in [5.41, 5.74) is 1.10. The highest BCUT2D eigenvalue weighted by Crippen LogP contribution is 2.29. The van der Waals surface area contributed by atoms with Gasteiger partial charge in [-0.15, -0.1) is 0 Å². The Balaban J connectivity index is 1.66. The summed E-state index contributed by atoms with van der Waals surface area (Å²) in [5, 5.41) is 11.1. The van der Waals surface area contributed by atoms with E-state index in [1.165, 1.54) is 17.8 Å². The summed E-state index contributed by atoms with van der Waals surface area (Å²) in [7, 11) is 0. The van der Waals surface area contributed by atoms with Gasteiger partial charge in [0.25, 0.3) is 5.69 Å². The van der Waals surface area contributed by atoms with E-state index in [4.69, 9.17) is 11.6 Å². The first-order valence-corrected chi connectivity index (χ1v) is 8.13. The molecule has 0 saturated carbocycles. The van der Waals surface area contributed by atoms with Crippen LogP contribution in [0.3, 0.4) is 0 Å². The van der Waals surface area contributed by atoms with Crippen LogP contribution in [0.5, 0.6) is 0 Å². The maximum absolute atomic E-state index is 10.8. The van der Waals surface area contributed by atoms with Crippen LogP contribution >= 0.6 is 11.6 Å². The minimum absolute atomic E-state index is 0.0902. The number of hydrogen-bond acceptors (Lipinski definition) is 6. The van der Waals surface area contributed by atoms with Crippen molar-refractivity contribution in [3.05, 3.63) is 57.5 Å². The fourth-order valence-corrected chi connectivity index (χ4v) is 3.19. The largest absolute Gasteiger partial charge is 0.353 e. The van der Waals surface area contributed by atoms with Crippen molar-refractivity contribution in [1.82, 2.24) is 14.9 Å². The molecule has 0 aromatic carbocycles. The number of halogens is 1. The third-order valence-electron chi connectivity index (χ3n) is 4.35. The first kappa shape index (κ1) is 16.6. The first-order chi connectivity index (χ1) is 11.6. The van der Waals surface area contributed by atoms with Crippen molar-refractivity contribution in [3.63, 3.8) is 0 Å². The number of aromatic nitrogens is 2. The fourth-order valence-electron chi connectivity index (χ4n) is 2.91. The van der Waals surface area contributed by atoms with Crippen LogP contribution in [0.1, 0.15) is 18.5 Å². The molecule has 2 aromatic rings. The van der Waals surface area contributed by atoms with Crippen LogP contribution in [0.25, 0.3) is 0 Å². The minimum atomic E-state index is -0.490. The van der Waals surface area contributed by atoms with Crippen LogP contribution in [0.2, 0.25) is 5.02 Å². The molecule has 3 rings (SSSR count). The Morgan fingerprint density at radius 2 is 2.04 bits per heavy atom. The van der Waals surface area contributed by atoms with Gasteiger partial charge in [0.15, 0.2) is 0 Å². The Kier molecular flexibility index (Phi) is 4.92. The summed E-state index contributed by atoms with van der Waals surface area (Å²) in [5.74, 6) is 0.607. The van der Waals surface area contributed by atoms with Crippen molar-refractivity contribution in [1.29, 1.82) is 0 Å². The highest BCUT2D eigenvalue weighted by molar-refractivity contribution is 6.33. The van der Waals surface area contributed by atoms with Crippen LogP contribution in [0.15, 0.2) is 36.8 Å². The van der Waals surface area contributed by atoms with Gasteiger partial charge in [-0.25, -0.2) is 4.98 Å². The number of hydrogen-bond donors (Lipinski definition) is 0. The van der Waals surface area contributed by atoms with Crippen molar-refractivity contribution >= 4 is 23.1 Å². The molecule has 1 unspecified atom stereocenters. The zero-order valence-electron chi connectivity index (χ0n) is 13.3. The molecule has 7 nitrogen and oxygen atoms in total. The van der Waals surface area contributed by atoms with Gasteiger partial charge in [-0.05, 0) is 18.6 Å². The number of nitro groups is 1. The molecule has 0 aliphatic carbocycles. The lowest BCUT2D eigenvalue weighted by molar-refractivity contribution is -0.385. The van der Waals surface area contributed by atoms with Crippen molar-refractivity contribution in [2.45, 2.75) is 13.0 Å². The summed E-state index contributed by atoms with van der Waals surface area (Å²) in [4.78, 5) is 23.1. The van der Waals surface area contributed by atoms with Gasteiger partial charge >= 0.3 is 0 Å². The molecule has 1 saturated heterocycles. The molecule has 1 atom stereocenters. The highest BCUT2D eigenvalue weighted by Gasteiger charge is 2.24. The van der Waals surface area contributed by atoms with Gasteiger partial charge in [0.2, 0.25) is 0 Å². The number of piperazine rings is 1. The molecule has 0 spiro atoms. The zero-order valence-corrected chi connectivity index (χ0v) is 14.1. The summed E-state index contributed by atoms with van der Waals surface area (Å²) in [6, 6.07) is 5.68. The predicted octanol–water partition coefficient (Wildman–Crippen LogP) is 2.92. The monoisotopic (exact) mass is 347 g/mol. The lowest BCUT2D eigenvalue weighted by Crippen LogP contribution is -2.47. The molecular weight excluding hydrogens is 330 g/mol. The van der Waals surface area contributed by atoms with Gasteiger partial charge in [0.1, 0.15) is 12.0 Å². The van der Waals surface area contributed by atoms with E-state index in [0.717, 1.165) is 26.2 Å². The quantitative estimate of drug-likeness (QED) is 0.625. The Morgan fingerprint density at radius 3 is 2.62 bits per heavy atom. The molecule has 8 heteroatoms. The van der Waals surface area contributed by atoms with Gasteiger partial charge < -0.3 is 4.90 Å². The standard InChI is InChI=1S/C16H18ClN5O2/c1-12(13-3-2-4-18-10-13)20-5-7-21(8-6-20)16-15(17)9-14(11-19-16)22(23)24/h2-4,9-12H,5-8H2,1H3. The lowest BCUT2D eigenvalue weighted by Gasteiger charge is -2.38. The van der Waals surface area contributed by atoms with Crippen molar-refractivity contribution in [2.24, 2.45) is 0 Å². The van der Waals surface area contributed by atoms with E-state index in [9.17, 15) is 10.1 Å². The van der Waals surface area contributed by atoms with Gasteiger partial charge in [0, 0.05) is 50.7 Å². The van der Waals surface area contributed by atoms with Gasteiger partial charge in [-0.1, -0.05) is 17.7 Å².